The molecule has 1 aromatic rings. The monoisotopic (exact) mass is 250 g/mol. The van der Waals surface area contributed by atoms with Gasteiger partial charge in [0.15, 0.2) is 0 Å². The standard InChI is InChI=1S/C14H22N2O2/c1-16(11-7-3-6-10-15)14(17)12-8-4-5-9-13(12)18-2/h4-5,8-9H,3,6-7,10-11,15H2,1-2H3. The minimum atomic E-state index is 0.000184. The topological polar surface area (TPSA) is 55.6 Å². The molecule has 0 bridgehead atoms. The molecule has 100 valence electrons. The first-order valence-corrected chi connectivity index (χ1v) is 6.29. The van der Waals surface area contributed by atoms with Gasteiger partial charge in [-0.3, -0.25) is 4.79 Å². The summed E-state index contributed by atoms with van der Waals surface area (Å²) in [5.74, 6) is 0.622. The van der Waals surface area contributed by atoms with E-state index in [-0.39, 0.29) is 5.91 Å². The Kier molecular flexibility index (Phi) is 6.22. The maximum atomic E-state index is 12.2. The molecule has 1 aromatic carbocycles. The summed E-state index contributed by atoms with van der Waals surface area (Å²) in [7, 11) is 3.39. The zero-order chi connectivity index (χ0) is 13.4. The maximum absolute atomic E-state index is 12.2. The van der Waals surface area contributed by atoms with E-state index in [4.69, 9.17) is 10.5 Å². The average Bonchev–Trinajstić information content (AvgIpc) is 2.42. The molecule has 2 N–H and O–H groups in total. The van der Waals surface area contributed by atoms with Crippen molar-refractivity contribution in [3.63, 3.8) is 0 Å². The number of rotatable bonds is 7. The third-order valence-corrected chi connectivity index (χ3v) is 2.88. The summed E-state index contributed by atoms with van der Waals surface area (Å²) in [5, 5.41) is 0. The van der Waals surface area contributed by atoms with E-state index in [0.717, 1.165) is 25.8 Å². The molecule has 4 heteroatoms. The van der Waals surface area contributed by atoms with Crippen molar-refractivity contribution < 1.29 is 9.53 Å². The third-order valence-electron chi connectivity index (χ3n) is 2.88. The van der Waals surface area contributed by atoms with Crippen LogP contribution < -0.4 is 10.5 Å². The van der Waals surface area contributed by atoms with Gasteiger partial charge in [-0.25, -0.2) is 0 Å². The Bertz CT molecular complexity index is 380. The number of hydrogen-bond acceptors (Lipinski definition) is 3. The molecule has 0 aromatic heterocycles. The molecule has 0 aliphatic heterocycles. The van der Waals surface area contributed by atoms with Crippen LogP contribution in [0.2, 0.25) is 0 Å². The van der Waals surface area contributed by atoms with Crippen LogP contribution in [0, 0.1) is 0 Å². The molecule has 0 radical (unpaired) electrons. The number of unbranched alkanes of at least 4 members (excludes halogenated alkanes) is 2. The van der Waals surface area contributed by atoms with Gasteiger partial charge in [0, 0.05) is 13.6 Å². The second-order valence-corrected chi connectivity index (χ2v) is 4.28. The number of amides is 1. The lowest BCUT2D eigenvalue weighted by Crippen LogP contribution is -2.28. The first-order chi connectivity index (χ1) is 8.70. The van der Waals surface area contributed by atoms with Crippen LogP contribution in [-0.4, -0.2) is 38.1 Å². The zero-order valence-electron chi connectivity index (χ0n) is 11.2. The molecule has 18 heavy (non-hydrogen) atoms. The largest absolute Gasteiger partial charge is 0.496 e. The first kappa shape index (κ1) is 14.5. The van der Waals surface area contributed by atoms with E-state index >= 15 is 0 Å². The van der Waals surface area contributed by atoms with E-state index in [1.165, 1.54) is 0 Å². The minimum Gasteiger partial charge on any atom is -0.496 e. The highest BCUT2D eigenvalue weighted by Crippen LogP contribution is 2.18. The fraction of sp³-hybridized carbons (Fsp3) is 0.500. The van der Waals surface area contributed by atoms with Crippen LogP contribution in [0.1, 0.15) is 29.6 Å². The molecule has 1 rings (SSSR count). The SMILES string of the molecule is COc1ccccc1C(=O)N(C)CCCCCN. The highest BCUT2D eigenvalue weighted by atomic mass is 16.5. The van der Waals surface area contributed by atoms with Crippen LogP contribution in [0.5, 0.6) is 5.75 Å². The number of carbonyl (C=O) groups is 1. The number of ether oxygens (including phenoxy) is 1. The Morgan fingerprint density at radius 3 is 2.67 bits per heavy atom. The number of hydrogen-bond donors (Lipinski definition) is 1. The summed E-state index contributed by atoms with van der Waals surface area (Å²) in [6.07, 6.45) is 3.05. The summed E-state index contributed by atoms with van der Waals surface area (Å²) in [6, 6.07) is 7.29. The van der Waals surface area contributed by atoms with Gasteiger partial charge >= 0.3 is 0 Å². The number of methoxy groups -OCH3 is 1. The van der Waals surface area contributed by atoms with Crippen molar-refractivity contribution in [3.05, 3.63) is 29.8 Å². The summed E-state index contributed by atoms with van der Waals surface area (Å²) in [5.41, 5.74) is 6.05. The van der Waals surface area contributed by atoms with Gasteiger partial charge in [-0.15, -0.1) is 0 Å². The van der Waals surface area contributed by atoms with Crippen molar-refractivity contribution in [2.75, 3.05) is 27.2 Å². The lowest BCUT2D eigenvalue weighted by Gasteiger charge is -2.18. The average molecular weight is 250 g/mol. The fourth-order valence-electron chi connectivity index (χ4n) is 1.80. The van der Waals surface area contributed by atoms with Gasteiger partial charge in [-0.2, -0.15) is 0 Å². The third kappa shape index (κ3) is 4.04. The van der Waals surface area contributed by atoms with Crippen molar-refractivity contribution >= 4 is 5.91 Å². The quantitative estimate of drug-likeness (QED) is 0.752. The van der Waals surface area contributed by atoms with Gasteiger partial charge in [0.25, 0.3) is 5.91 Å². The molecule has 0 atom stereocenters. The summed E-state index contributed by atoms with van der Waals surface area (Å²) < 4.78 is 5.20. The van der Waals surface area contributed by atoms with Crippen LogP contribution in [0.4, 0.5) is 0 Å². The van der Waals surface area contributed by atoms with Crippen LogP contribution in [-0.2, 0) is 0 Å². The summed E-state index contributed by atoms with van der Waals surface area (Å²) in [6.45, 7) is 1.46. The molecule has 0 aliphatic carbocycles. The Morgan fingerprint density at radius 1 is 1.28 bits per heavy atom. The van der Waals surface area contributed by atoms with Crippen LogP contribution in [0.15, 0.2) is 24.3 Å². The first-order valence-electron chi connectivity index (χ1n) is 6.29. The van der Waals surface area contributed by atoms with E-state index in [0.29, 0.717) is 17.9 Å². The zero-order valence-corrected chi connectivity index (χ0v) is 11.2. The lowest BCUT2D eigenvalue weighted by atomic mass is 10.1. The van der Waals surface area contributed by atoms with Crippen LogP contribution in [0.3, 0.4) is 0 Å². The van der Waals surface area contributed by atoms with Gasteiger partial charge in [0.1, 0.15) is 5.75 Å². The van der Waals surface area contributed by atoms with Gasteiger partial charge in [0.2, 0.25) is 0 Å². The van der Waals surface area contributed by atoms with Gasteiger partial charge in [0.05, 0.1) is 12.7 Å². The molecular formula is C14H22N2O2. The molecule has 0 fully saturated rings. The molecule has 4 nitrogen and oxygen atoms in total. The Hall–Kier alpha value is -1.55. The Balaban J connectivity index is 2.57. The summed E-state index contributed by atoms with van der Waals surface area (Å²) in [4.78, 5) is 13.9. The number of benzene rings is 1. The number of carbonyl (C=O) groups excluding carboxylic acids is 1. The fourth-order valence-corrected chi connectivity index (χ4v) is 1.80. The molecule has 0 saturated carbocycles. The van der Waals surface area contributed by atoms with Crippen molar-refractivity contribution in [1.82, 2.24) is 4.90 Å². The van der Waals surface area contributed by atoms with E-state index in [9.17, 15) is 4.79 Å². The van der Waals surface area contributed by atoms with E-state index in [1.807, 2.05) is 19.2 Å². The van der Waals surface area contributed by atoms with Crippen molar-refractivity contribution in [3.8, 4) is 5.75 Å². The molecule has 1 amide bonds. The van der Waals surface area contributed by atoms with Crippen LogP contribution in [0.25, 0.3) is 0 Å². The molecule has 0 saturated heterocycles. The second kappa shape index (κ2) is 7.71. The van der Waals surface area contributed by atoms with Crippen LogP contribution >= 0.6 is 0 Å². The predicted octanol–water partition coefficient (Wildman–Crippen LogP) is 1.90. The molecule has 0 spiro atoms. The highest BCUT2D eigenvalue weighted by molar-refractivity contribution is 5.96. The molecule has 0 aliphatic rings. The smallest absolute Gasteiger partial charge is 0.257 e. The van der Waals surface area contributed by atoms with E-state index in [1.54, 1.807) is 24.1 Å². The normalized spacial score (nSPS) is 10.2. The minimum absolute atomic E-state index is 0.000184. The number of nitrogens with two attached hydrogens (primary N) is 1. The highest BCUT2D eigenvalue weighted by Gasteiger charge is 2.15. The molecular weight excluding hydrogens is 228 g/mol. The Morgan fingerprint density at radius 2 is 2.00 bits per heavy atom. The van der Waals surface area contributed by atoms with Gasteiger partial charge in [-0.1, -0.05) is 18.6 Å². The van der Waals surface area contributed by atoms with Crippen molar-refractivity contribution in [2.24, 2.45) is 5.73 Å². The number of nitrogens with zero attached hydrogens (tertiary/aromatic N) is 1. The van der Waals surface area contributed by atoms with E-state index in [2.05, 4.69) is 0 Å². The van der Waals surface area contributed by atoms with Gasteiger partial charge < -0.3 is 15.4 Å². The predicted molar refractivity (Wildman–Crippen MR) is 72.9 cm³/mol. The van der Waals surface area contributed by atoms with Gasteiger partial charge in [-0.05, 0) is 31.5 Å². The molecule has 0 unspecified atom stereocenters. The molecule has 0 heterocycles. The maximum Gasteiger partial charge on any atom is 0.257 e. The van der Waals surface area contributed by atoms with Crippen molar-refractivity contribution in [1.29, 1.82) is 0 Å². The van der Waals surface area contributed by atoms with Crippen molar-refractivity contribution in [2.45, 2.75) is 19.3 Å². The lowest BCUT2D eigenvalue weighted by molar-refractivity contribution is 0.0789. The number of para-hydroxylation sites is 1. The summed E-state index contributed by atoms with van der Waals surface area (Å²) >= 11 is 0. The van der Waals surface area contributed by atoms with E-state index < -0.39 is 0 Å². The Labute approximate surface area is 109 Å². The second-order valence-electron chi connectivity index (χ2n) is 4.28.